The molecule has 3 nitrogen and oxygen atoms in total. The molecule has 1 aliphatic rings. The van der Waals surface area contributed by atoms with E-state index in [4.69, 9.17) is 5.11 Å². The average Bonchev–Trinajstić information content (AvgIpc) is 2.24. The molecule has 0 spiro atoms. The number of carboxylic acids is 1. The zero-order valence-corrected chi connectivity index (χ0v) is 9.74. The summed E-state index contributed by atoms with van der Waals surface area (Å²) in [6, 6.07) is 0. The molecule has 3 heteroatoms. The molecule has 1 heterocycles. The molecule has 1 fully saturated rings. The van der Waals surface area contributed by atoms with Crippen molar-refractivity contribution in [2.75, 3.05) is 19.6 Å². The van der Waals surface area contributed by atoms with Crippen molar-refractivity contribution in [2.45, 2.75) is 45.4 Å². The molecular formula is C12H23NO2. The number of carboxylic acid groups (broad SMARTS) is 1. The number of hydrogen-bond donors (Lipinski definition) is 1. The summed E-state index contributed by atoms with van der Waals surface area (Å²) < 4.78 is 0. The standard InChI is InChI=1S/C12H23NO2/c1-2-11-6-5-9-13(10-11)8-4-3-7-12(14)15/h11H,2-10H2,1H3,(H,14,15)/t11-/m1/s1. The Hall–Kier alpha value is -0.570. The van der Waals surface area contributed by atoms with Crippen molar-refractivity contribution in [1.29, 1.82) is 0 Å². The first-order valence-electron chi connectivity index (χ1n) is 6.16. The normalized spacial score (nSPS) is 22.9. The lowest BCUT2D eigenvalue weighted by Crippen LogP contribution is -2.35. The van der Waals surface area contributed by atoms with Crippen LogP contribution in [0.5, 0.6) is 0 Å². The van der Waals surface area contributed by atoms with Crippen LogP contribution in [0.15, 0.2) is 0 Å². The molecule has 0 bridgehead atoms. The van der Waals surface area contributed by atoms with E-state index in [2.05, 4.69) is 11.8 Å². The maximum atomic E-state index is 10.3. The summed E-state index contributed by atoms with van der Waals surface area (Å²) >= 11 is 0. The number of unbranched alkanes of at least 4 members (excludes halogenated alkanes) is 1. The third kappa shape index (κ3) is 5.17. The Bertz CT molecular complexity index is 194. The van der Waals surface area contributed by atoms with Crippen LogP contribution in [0.3, 0.4) is 0 Å². The summed E-state index contributed by atoms with van der Waals surface area (Å²) in [4.78, 5) is 12.8. The fourth-order valence-corrected chi connectivity index (χ4v) is 2.30. The Morgan fingerprint density at radius 2 is 2.27 bits per heavy atom. The van der Waals surface area contributed by atoms with Gasteiger partial charge in [-0.05, 0) is 44.7 Å². The van der Waals surface area contributed by atoms with E-state index in [1.165, 1.54) is 32.4 Å². The number of likely N-dealkylation sites (tertiary alicyclic amines) is 1. The van der Waals surface area contributed by atoms with Gasteiger partial charge in [0, 0.05) is 13.0 Å². The first-order chi connectivity index (χ1) is 7.22. The van der Waals surface area contributed by atoms with Gasteiger partial charge >= 0.3 is 5.97 Å². The van der Waals surface area contributed by atoms with Gasteiger partial charge in [-0.2, -0.15) is 0 Å². The Morgan fingerprint density at radius 3 is 2.93 bits per heavy atom. The maximum Gasteiger partial charge on any atom is 0.303 e. The van der Waals surface area contributed by atoms with Crippen LogP contribution in [0.4, 0.5) is 0 Å². The molecule has 0 aliphatic carbocycles. The average molecular weight is 213 g/mol. The van der Waals surface area contributed by atoms with Crippen LogP contribution < -0.4 is 0 Å². The van der Waals surface area contributed by atoms with E-state index in [0.29, 0.717) is 6.42 Å². The van der Waals surface area contributed by atoms with Gasteiger partial charge in [-0.3, -0.25) is 4.79 Å². The summed E-state index contributed by atoms with van der Waals surface area (Å²) in [6.07, 6.45) is 6.15. The smallest absolute Gasteiger partial charge is 0.303 e. The van der Waals surface area contributed by atoms with Crippen molar-refractivity contribution in [1.82, 2.24) is 4.90 Å². The molecule has 1 atom stereocenters. The summed E-state index contributed by atoms with van der Waals surface area (Å²) in [6.45, 7) is 5.79. The summed E-state index contributed by atoms with van der Waals surface area (Å²) in [5, 5.41) is 8.52. The highest BCUT2D eigenvalue weighted by atomic mass is 16.4. The number of carbonyl (C=O) groups is 1. The van der Waals surface area contributed by atoms with Gasteiger partial charge in [-0.1, -0.05) is 13.3 Å². The van der Waals surface area contributed by atoms with E-state index in [0.717, 1.165) is 25.3 Å². The van der Waals surface area contributed by atoms with Gasteiger partial charge in [0.1, 0.15) is 0 Å². The molecule has 0 saturated carbocycles. The maximum absolute atomic E-state index is 10.3. The Balaban J connectivity index is 2.07. The fraction of sp³-hybridized carbons (Fsp3) is 0.917. The predicted octanol–water partition coefficient (Wildman–Crippen LogP) is 2.36. The lowest BCUT2D eigenvalue weighted by atomic mass is 9.95. The van der Waals surface area contributed by atoms with E-state index in [9.17, 15) is 4.79 Å². The number of rotatable bonds is 6. The summed E-state index contributed by atoms with van der Waals surface area (Å²) in [5.41, 5.74) is 0. The van der Waals surface area contributed by atoms with E-state index in [-0.39, 0.29) is 0 Å². The number of aliphatic carboxylic acids is 1. The van der Waals surface area contributed by atoms with Crippen LogP contribution in [0, 0.1) is 5.92 Å². The molecule has 1 N–H and O–H groups in total. The van der Waals surface area contributed by atoms with Gasteiger partial charge in [-0.15, -0.1) is 0 Å². The SMILES string of the molecule is CC[C@@H]1CCCN(CCCCC(=O)O)C1. The molecule has 0 radical (unpaired) electrons. The second-order valence-electron chi connectivity index (χ2n) is 4.57. The molecule has 0 unspecified atom stereocenters. The Kier molecular flexibility index (Phi) is 5.69. The van der Waals surface area contributed by atoms with Gasteiger partial charge in [0.2, 0.25) is 0 Å². The van der Waals surface area contributed by atoms with Crippen molar-refractivity contribution in [3.8, 4) is 0 Å². The second kappa shape index (κ2) is 6.83. The second-order valence-corrected chi connectivity index (χ2v) is 4.57. The minimum absolute atomic E-state index is 0.324. The Morgan fingerprint density at radius 1 is 1.47 bits per heavy atom. The highest BCUT2D eigenvalue weighted by Gasteiger charge is 2.17. The molecule has 88 valence electrons. The molecule has 0 aromatic heterocycles. The van der Waals surface area contributed by atoms with Crippen LogP contribution in [0.25, 0.3) is 0 Å². The number of piperidine rings is 1. The zero-order valence-electron chi connectivity index (χ0n) is 9.74. The van der Waals surface area contributed by atoms with Crippen molar-refractivity contribution in [2.24, 2.45) is 5.92 Å². The van der Waals surface area contributed by atoms with Crippen molar-refractivity contribution >= 4 is 5.97 Å². The molecular weight excluding hydrogens is 190 g/mol. The van der Waals surface area contributed by atoms with Crippen LogP contribution >= 0.6 is 0 Å². The van der Waals surface area contributed by atoms with Crippen LogP contribution in [0.1, 0.15) is 45.4 Å². The van der Waals surface area contributed by atoms with Gasteiger partial charge in [-0.25, -0.2) is 0 Å². The summed E-state index contributed by atoms with van der Waals surface area (Å²) in [7, 11) is 0. The van der Waals surface area contributed by atoms with Gasteiger partial charge in [0.25, 0.3) is 0 Å². The first-order valence-corrected chi connectivity index (χ1v) is 6.16. The topological polar surface area (TPSA) is 40.5 Å². The molecule has 0 aromatic rings. The quantitative estimate of drug-likeness (QED) is 0.689. The number of nitrogens with zero attached hydrogens (tertiary/aromatic N) is 1. The molecule has 1 saturated heterocycles. The zero-order chi connectivity index (χ0) is 11.1. The molecule has 15 heavy (non-hydrogen) atoms. The minimum atomic E-state index is -0.667. The predicted molar refractivity (Wildman–Crippen MR) is 60.9 cm³/mol. The van der Waals surface area contributed by atoms with Crippen molar-refractivity contribution in [3.63, 3.8) is 0 Å². The lowest BCUT2D eigenvalue weighted by molar-refractivity contribution is -0.137. The van der Waals surface area contributed by atoms with Crippen molar-refractivity contribution in [3.05, 3.63) is 0 Å². The molecule has 1 aliphatic heterocycles. The fourth-order valence-electron chi connectivity index (χ4n) is 2.30. The van der Waals surface area contributed by atoms with Crippen molar-refractivity contribution < 1.29 is 9.90 Å². The van der Waals surface area contributed by atoms with Crippen LogP contribution in [-0.4, -0.2) is 35.6 Å². The highest BCUT2D eigenvalue weighted by Crippen LogP contribution is 2.19. The third-order valence-corrected chi connectivity index (χ3v) is 3.30. The van der Waals surface area contributed by atoms with E-state index in [1.54, 1.807) is 0 Å². The molecule has 1 rings (SSSR count). The monoisotopic (exact) mass is 213 g/mol. The summed E-state index contributed by atoms with van der Waals surface area (Å²) in [5.74, 6) is 0.207. The Labute approximate surface area is 92.5 Å². The van der Waals surface area contributed by atoms with Gasteiger partial charge in [0.15, 0.2) is 0 Å². The molecule has 0 amide bonds. The van der Waals surface area contributed by atoms with Gasteiger partial charge < -0.3 is 10.0 Å². The number of hydrogen-bond acceptors (Lipinski definition) is 2. The van der Waals surface area contributed by atoms with E-state index >= 15 is 0 Å². The first kappa shape index (κ1) is 12.5. The van der Waals surface area contributed by atoms with E-state index in [1.807, 2.05) is 0 Å². The minimum Gasteiger partial charge on any atom is -0.481 e. The molecule has 0 aromatic carbocycles. The third-order valence-electron chi connectivity index (χ3n) is 3.30. The van der Waals surface area contributed by atoms with Crippen LogP contribution in [-0.2, 0) is 4.79 Å². The van der Waals surface area contributed by atoms with Crippen LogP contribution in [0.2, 0.25) is 0 Å². The van der Waals surface area contributed by atoms with E-state index < -0.39 is 5.97 Å². The lowest BCUT2D eigenvalue weighted by Gasteiger charge is -2.32. The van der Waals surface area contributed by atoms with Gasteiger partial charge in [0.05, 0.1) is 0 Å². The highest BCUT2D eigenvalue weighted by molar-refractivity contribution is 5.66. The largest absolute Gasteiger partial charge is 0.481 e.